The standard InChI is InChI=1S/C16H15N5O4/c1-24-12(22)7-21-10-19-13-14(17-9-18-15(13)21)20-16(23)25-8-11-5-3-2-4-6-11/h2-6,9-10H,7-8H2,1H3,(H,17,18,20,23). The van der Waals surface area contributed by atoms with Crippen molar-refractivity contribution >= 4 is 29.0 Å². The fourth-order valence-electron chi connectivity index (χ4n) is 2.15. The van der Waals surface area contributed by atoms with Crippen LogP contribution in [0.4, 0.5) is 10.6 Å². The van der Waals surface area contributed by atoms with Gasteiger partial charge in [-0.1, -0.05) is 30.3 Å². The molecule has 0 bridgehead atoms. The molecule has 128 valence electrons. The molecule has 0 saturated carbocycles. The van der Waals surface area contributed by atoms with Crippen molar-refractivity contribution < 1.29 is 19.1 Å². The van der Waals surface area contributed by atoms with Crippen LogP contribution >= 0.6 is 0 Å². The molecule has 0 unspecified atom stereocenters. The minimum absolute atomic E-state index is 0.0398. The lowest BCUT2D eigenvalue weighted by molar-refractivity contribution is -0.141. The van der Waals surface area contributed by atoms with Crippen LogP contribution in [0.1, 0.15) is 5.56 Å². The first-order valence-corrected chi connectivity index (χ1v) is 7.37. The highest BCUT2D eigenvalue weighted by molar-refractivity contribution is 5.93. The van der Waals surface area contributed by atoms with Crippen molar-refractivity contribution in [3.8, 4) is 0 Å². The van der Waals surface area contributed by atoms with Gasteiger partial charge in [0.1, 0.15) is 19.5 Å². The summed E-state index contributed by atoms with van der Waals surface area (Å²) >= 11 is 0. The fraction of sp³-hybridized carbons (Fsp3) is 0.188. The maximum Gasteiger partial charge on any atom is 0.413 e. The fourth-order valence-corrected chi connectivity index (χ4v) is 2.15. The van der Waals surface area contributed by atoms with Crippen molar-refractivity contribution in [3.63, 3.8) is 0 Å². The molecule has 3 aromatic rings. The van der Waals surface area contributed by atoms with E-state index < -0.39 is 12.1 Å². The first-order valence-electron chi connectivity index (χ1n) is 7.37. The lowest BCUT2D eigenvalue weighted by Gasteiger charge is -2.07. The Balaban J connectivity index is 1.71. The van der Waals surface area contributed by atoms with Crippen LogP contribution in [-0.4, -0.2) is 38.7 Å². The normalized spacial score (nSPS) is 10.4. The van der Waals surface area contributed by atoms with Crippen molar-refractivity contribution in [2.75, 3.05) is 12.4 Å². The SMILES string of the molecule is COC(=O)Cn1cnc2c(NC(=O)OCc3ccccc3)ncnc21. The molecule has 0 aliphatic heterocycles. The van der Waals surface area contributed by atoms with E-state index in [-0.39, 0.29) is 19.0 Å². The van der Waals surface area contributed by atoms with Gasteiger partial charge in [0, 0.05) is 0 Å². The number of anilines is 1. The zero-order valence-corrected chi connectivity index (χ0v) is 13.4. The van der Waals surface area contributed by atoms with Gasteiger partial charge in [-0.3, -0.25) is 10.1 Å². The van der Waals surface area contributed by atoms with Crippen molar-refractivity contribution in [2.24, 2.45) is 0 Å². The molecule has 0 radical (unpaired) electrons. The van der Waals surface area contributed by atoms with Crippen LogP contribution in [0.3, 0.4) is 0 Å². The summed E-state index contributed by atoms with van der Waals surface area (Å²) in [4.78, 5) is 35.6. The Morgan fingerprint density at radius 3 is 2.72 bits per heavy atom. The van der Waals surface area contributed by atoms with Crippen molar-refractivity contribution in [2.45, 2.75) is 13.2 Å². The van der Waals surface area contributed by atoms with E-state index in [9.17, 15) is 9.59 Å². The summed E-state index contributed by atoms with van der Waals surface area (Å²) < 4.78 is 11.3. The number of nitrogens with one attached hydrogen (secondary N) is 1. The zero-order chi connectivity index (χ0) is 17.6. The highest BCUT2D eigenvalue weighted by atomic mass is 16.5. The number of aromatic nitrogens is 4. The second-order valence-corrected chi connectivity index (χ2v) is 5.03. The Morgan fingerprint density at radius 2 is 1.96 bits per heavy atom. The number of hydrogen-bond acceptors (Lipinski definition) is 7. The minimum atomic E-state index is -0.661. The number of esters is 1. The van der Waals surface area contributed by atoms with E-state index in [0.717, 1.165) is 5.56 Å². The van der Waals surface area contributed by atoms with Crippen molar-refractivity contribution in [1.29, 1.82) is 0 Å². The Morgan fingerprint density at radius 1 is 1.16 bits per heavy atom. The lowest BCUT2D eigenvalue weighted by Crippen LogP contribution is -2.15. The summed E-state index contributed by atoms with van der Waals surface area (Å²) in [5, 5.41) is 2.53. The molecule has 0 aliphatic carbocycles. The molecule has 2 heterocycles. The van der Waals surface area contributed by atoms with E-state index >= 15 is 0 Å². The Kier molecular flexibility index (Phi) is 4.84. The molecule has 25 heavy (non-hydrogen) atoms. The summed E-state index contributed by atoms with van der Waals surface area (Å²) in [5.41, 5.74) is 1.62. The molecule has 0 aliphatic rings. The number of hydrogen-bond donors (Lipinski definition) is 1. The van der Waals surface area contributed by atoms with Gasteiger partial charge in [-0.05, 0) is 5.56 Å². The smallest absolute Gasteiger partial charge is 0.413 e. The van der Waals surface area contributed by atoms with Gasteiger partial charge in [-0.15, -0.1) is 0 Å². The predicted molar refractivity (Wildman–Crippen MR) is 87.6 cm³/mol. The van der Waals surface area contributed by atoms with Gasteiger partial charge in [0.25, 0.3) is 0 Å². The van der Waals surface area contributed by atoms with Crippen LogP contribution in [-0.2, 0) is 27.4 Å². The molecule has 1 amide bonds. The molecule has 9 heteroatoms. The van der Waals surface area contributed by atoms with E-state index in [1.807, 2.05) is 30.3 Å². The molecule has 0 atom stereocenters. The molecule has 1 aromatic carbocycles. The highest BCUT2D eigenvalue weighted by Gasteiger charge is 2.14. The van der Waals surface area contributed by atoms with Crippen molar-refractivity contribution in [3.05, 3.63) is 48.5 Å². The Labute approximate surface area is 142 Å². The van der Waals surface area contributed by atoms with Gasteiger partial charge in [0.2, 0.25) is 0 Å². The average Bonchev–Trinajstić information content (AvgIpc) is 3.05. The Bertz CT molecular complexity index is 894. The van der Waals surface area contributed by atoms with Crippen LogP contribution in [0.25, 0.3) is 11.2 Å². The largest absolute Gasteiger partial charge is 0.468 e. The monoisotopic (exact) mass is 341 g/mol. The maximum absolute atomic E-state index is 12.0. The lowest BCUT2D eigenvalue weighted by atomic mass is 10.2. The zero-order valence-electron chi connectivity index (χ0n) is 13.4. The van der Waals surface area contributed by atoms with E-state index in [1.54, 1.807) is 0 Å². The first kappa shape index (κ1) is 16.4. The molecular formula is C16H15N5O4. The minimum Gasteiger partial charge on any atom is -0.468 e. The summed E-state index contributed by atoms with van der Waals surface area (Å²) in [7, 11) is 1.30. The molecule has 3 rings (SSSR count). The number of benzene rings is 1. The molecule has 1 N–H and O–H groups in total. The van der Waals surface area contributed by atoms with Crippen LogP contribution in [0, 0.1) is 0 Å². The molecule has 0 saturated heterocycles. The first-order chi connectivity index (χ1) is 12.2. The van der Waals surface area contributed by atoms with Crippen LogP contribution in [0.15, 0.2) is 43.0 Å². The maximum atomic E-state index is 12.0. The van der Waals surface area contributed by atoms with Gasteiger partial charge in [-0.25, -0.2) is 19.7 Å². The molecule has 2 aromatic heterocycles. The molecule has 0 spiro atoms. The third-order valence-corrected chi connectivity index (χ3v) is 3.36. The molecule has 9 nitrogen and oxygen atoms in total. The molecule has 0 fully saturated rings. The predicted octanol–water partition coefficient (Wildman–Crippen LogP) is 1.75. The van der Waals surface area contributed by atoms with Gasteiger partial charge < -0.3 is 14.0 Å². The number of methoxy groups -OCH3 is 1. The number of amides is 1. The summed E-state index contributed by atoms with van der Waals surface area (Å²) in [6, 6.07) is 9.30. The topological polar surface area (TPSA) is 108 Å². The third-order valence-electron chi connectivity index (χ3n) is 3.36. The van der Waals surface area contributed by atoms with E-state index in [1.165, 1.54) is 24.3 Å². The van der Waals surface area contributed by atoms with Gasteiger partial charge in [-0.2, -0.15) is 0 Å². The van der Waals surface area contributed by atoms with E-state index in [0.29, 0.717) is 11.2 Å². The van der Waals surface area contributed by atoms with Gasteiger partial charge in [0.05, 0.1) is 13.4 Å². The number of carbonyl (C=O) groups excluding carboxylic acids is 2. The number of nitrogens with zero attached hydrogens (tertiary/aromatic N) is 4. The number of fused-ring (bicyclic) bond motifs is 1. The van der Waals surface area contributed by atoms with Gasteiger partial charge in [0.15, 0.2) is 17.0 Å². The van der Waals surface area contributed by atoms with Crippen LogP contribution in [0.2, 0.25) is 0 Å². The molecular weight excluding hydrogens is 326 g/mol. The third kappa shape index (κ3) is 3.89. The average molecular weight is 341 g/mol. The van der Waals surface area contributed by atoms with Crippen molar-refractivity contribution in [1.82, 2.24) is 19.5 Å². The summed E-state index contributed by atoms with van der Waals surface area (Å²) in [5.74, 6) is -0.235. The number of imidazole rings is 1. The van der Waals surface area contributed by atoms with Crippen LogP contribution in [0.5, 0.6) is 0 Å². The van der Waals surface area contributed by atoms with E-state index in [2.05, 4.69) is 25.0 Å². The van der Waals surface area contributed by atoms with Crippen LogP contribution < -0.4 is 5.32 Å². The number of carbonyl (C=O) groups is 2. The quantitative estimate of drug-likeness (QED) is 0.704. The second-order valence-electron chi connectivity index (χ2n) is 5.03. The second kappa shape index (κ2) is 7.39. The van der Waals surface area contributed by atoms with E-state index in [4.69, 9.17) is 4.74 Å². The van der Waals surface area contributed by atoms with Gasteiger partial charge >= 0.3 is 12.1 Å². The Hall–Kier alpha value is -3.49. The summed E-state index contributed by atoms with van der Waals surface area (Å²) in [6.07, 6.45) is 2.04. The highest BCUT2D eigenvalue weighted by Crippen LogP contribution is 2.17. The number of rotatable bonds is 5. The number of ether oxygens (including phenoxy) is 2. The summed E-state index contributed by atoms with van der Waals surface area (Å²) in [6.45, 7) is 0.0968.